The van der Waals surface area contributed by atoms with Gasteiger partial charge in [-0.25, -0.2) is 4.98 Å². The number of rotatable bonds is 5. The summed E-state index contributed by atoms with van der Waals surface area (Å²) in [6.07, 6.45) is 0.268. The molecule has 24 heavy (non-hydrogen) atoms. The molecule has 0 atom stereocenters. The second-order valence-electron chi connectivity index (χ2n) is 5.42. The Hall–Kier alpha value is -2.25. The lowest BCUT2D eigenvalue weighted by Gasteiger charge is -2.07. The van der Waals surface area contributed by atoms with E-state index in [0.717, 1.165) is 39.0 Å². The second-order valence-corrected chi connectivity index (χ2v) is 7.30. The molecule has 0 spiro atoms. The Morgan fingerprint density at radius 3 is 2.50 bits per heavy atom. The van der Waals surface area contributed by atoms with Gasteiger partial charge in [-0.15, -0.1) is 11.3 Å². The number of thiazole rings is 2. The van der Waals surface area contributed by atoms with E-state index < -0.39 is 0 Å². The summed E-state index contributed by atoms with van der Waals surface area (Å²) in [4.78, 5) is 28.1. The fourth-order valence-corrected chi connectivity index (χ4v) is 3.71. The summed E-state index contributed by atoms with van der Waals surface area (Å²) in [7, 11) is 0. The smallest absolute Gasteiger partial charge is 0.307 e. The normalized spacial score (nSPS) is 10.8. The van der Waals surface area contributed by atoms with Gasteiger partial charge in [0.2, 0.25) is 5.91 Å². The number of aromatic nitrogens is 2. The van der Waals surface area contributed by atoms with Gasteiger partial charge in [-0.05, 0) is 26.0 Å². The minimum absolute atomic E-state index is 0.0248. The van der Waals surface area contributed by atoms with E-state index in [1.165, 1.54) is 0 Å². The molecule has 124 valence electrons. The summed E-state index contributed by atoms with van der Waals surface area (Å²) in [5.74, 6) is -0.107. The highest BCUT2D eigenvalue weighted by atomic mass is 32.1. The summed E-state index contributed by atoms with van der Waals surface area (Å²) in [6.45, 7) is 4.24. The van der Waals surface area contributed by atoms with Gasteiger partial charge in [-0.1, -0.05) is 23.5 Å². The van der Waals surface area contributed by atoms with Crippen molar-refractivity contribution in [2.75, 3.05) is 5.32 Å². The molecular formula is C17H17N3O2S2. The molecule has 0 fully saturated rings. The molecule has 1 amide bonds. The first-order chi connectivity index (χ1) is 11.5. The van der Waals surface area contributed by atoms with Crippen LogP contribution in [0.2, 0.25) is 0 Å². The van der Waals surface area contributed by atoms with Gasteiger partial charge in [-0.3, -0.25) is 9.59 Å². The van der Waals surface area contributed by atoms with E-state index in [1.54, 1.807) is 21.3 Å². The van der Waals surface area contributed by atoms with Crippen LogP contribution < -0.4 is 10.2 Å². The van der Waals surface area contributed by atoms with Gasteiger partial charge < -0.3 is 9.88 Å². The summed E-state index contributed by atoms with van der Waals surface area (Å²) in [5, 5.41) is 7.71. The van der Waals surface area contributed by atoms with Gasteiger partial charge >= 0.3 is 4.87 Å². The summed E-state index contributed by atoms with van der Waals surface area (Å²) < 4.78 is 1.62. The Kier molecular flexibility index (Phi) is 4.92. The molecule has 0 unspecified atom stereocenters. The van der Waals surface area contributed by atoms with E-state index in [4.69, 9.17) is 0 Å². The molecule has 0 bridgehead atoms. The van der Waals surface area contributed by atoms with Crippen LogP contribution in [0.15, 0.2) is 39.8 Å². The third-order valence-corrected chi connectivity index (χ3v) is 5.28. The van der Waals surface area contributed by atoms with Crippen LogP contribution >= 0.6 is 22.7 Å². The molecule has 5 nitrogen and oxygen atoms in total. The fourth-order valence-electron chi connectivity index (χ4n) is 2.33. The average molecular weight is 359 g/mol. The van der Waals surface area contributed by atoms with E-state index in [2.05, 4.69) is 10.3 Å². The zero-order valence-corrected chi connectivity index (χ0v) is 15.0. The number of aryl methyl sites for hydroxylation is 2. The van der Waals surface area contributed by atoms with Crippen LogP contribution in [0.1, 0.15) is 17.1 Å². The minimum atomic E-state index is -0.107. The summed E-state index contributed by atoms with van der Waals surface area (Å²) >= 11 is 2.77. The van der Waals surface area contributed by atoms with Crippen molar-refractivity contribution < 1.29 is 4.79 Å². The second kappa shape index (κ2) is 7.11. The number of benzene rings is 1. The van der Waals surface area contributed by atoms with E-state index >= 15 is 0 Å². The van der Waals surface area contributed by atoms with Crippen molar-refractivity contribution in [2.45, 2.75) is 26.8 Å². The van der Waals surface area contributed by atoms with E-state index in [9.17, 15) is 9.59 Å². The van der Waals surface area contributed by atoms with Crippen LogP contribution in [0.25, 0.3) is 11.3 Å². The van der Waals surface area contributed by atoms with Crippen LogP contribution in [-0.2, 0) is 11.3 Å². The molecule has 0 radical (unpaired) electrons. The van der Waals surface area contributed by atoms with Gasteiger partial charge in [0.25, 0.3) is 0 Å². The standard InChI is InChI=1S/C17H17N3O2S2/c1-11-9-24-17(22)20(11)8-7-16(21)19-14-5-3-13(4-6-14)15-10-23-12(2)18-15/h3-6,9-10H,7-8H2,1-2H3,(H,19,21). The van der Waals surface area contributed by atoms with Crippen LogP contribution in [0.4, 0.5) is 5.69 Å². The molecule has 0 aliphatic rings. The van der Waals surface area contributed by atoms with Crippen molar-refractivity contribution in [3.8, 4) is 11.3 Å². The highest BCUT2D eigenvalue weighted by Crippen LogP contribution is 2.23. The zero-order chi connectivity index (χ0) is 17.1. The number of nitrogens with zero attached hydrogens (tertiary/aromatic N) is 2. The highest BCUT2D eigenvalue weighted by molar-refractivity contribution is 7.09. The number of hydrogen-bond acceptors (Lipinski definition) is 5. The largest absolute Gasteiger partial charge is 0.326 e. The average Bonchev–Trinajstić information content (AvgIpc) is 3.13. The van der Waals surface area contributed by atoms with Crippen LogP contribution in [0, 0.1) is 13.8 Å². The number of carbonyl (C=O) groups excluding carboxylic acids is 1. The number of carbonyl (C=O) groups is 1. The maximum Gasteiger partial charge on any atom is 0.307 e. The van der Waals surface area contributed by atoms with E-state index in [1.807, 2.05) is 43.5 Å². The zero-order valence-electron chi connectivity index (χ0n) is 13.4. The molecular weight excluding hydrogens is 342 g/mol. The number of hydrogen-bond donors (Lipinski definition) is 1. The Bertz CT molecular complexity index is 907. The van der Waals surface area contributed by atoms with Crippen molar-refractivity contribution in [3.63, 3.8) is 0 Å². The first kappa shape index (κ1) is 16.6. The lowest BCUT2D eigenvalue weighted by Crippen LogP contribution is -2.20. The molecule has 1 aromatic carbocycles. The van der Waals surface area contributed by atoms with Crippen molar-refractivity contribution >= 4 is 34.3 Å². The van der Waals surface area contributed by atoms with Gasteiger partial charge in [-0.2, -0.15) is 0 Å². The third kappa shape index (κ3) is 3.80. The molecule has 2 heterocycles. The van der Waals surface area contributed by atoms with Crippen molar-refractivity contribution in [1.29, 1.82) is 0 Å². The Labute approximate surface area is 147 Å². The van der Waals surface area contributed by atoms with E-state index in [-0.39, 0.29) is 17.2 Å². The molecule has 0 aliphatic carbocycles. The molecule has 3 rings (SSSR count). The maximum atomic E-state index is 12.1. The Balaban J connectivity index is 1.59. The lowest BCUT2D eigenvalue weighted by atomic mass is 10.1. The monoisotopic (exact) mass is 359 g/mol. The van der Waals surface area contributed by atoms with Gasteiger partial charge in [0.05, 0.1) is 10.7 Å². The third-order valence-electron chi connectivity index (χ3n) is 3.62. The fraction of sp³-hybridized carbons (Fsp3) is 0.235. The predicted octanol–water partition coefficient (Wildman–Crippen LogP) is 3.68. The van der Waals surface area contributed by atoms with Gasteiger partial charge in [0.15, 0.2) is 0 Å². The number of amides is 1. The molecule has 0 saturated heterocycles. The Morgan fingerprint density at radius 1 is 1.17 bits per heavy atom. The molecule has 1 N–H and O–H groups in total. The molecule has 0 aliphatic heterocycles. The van der Waals surface area contributed by atoms with E-state index in [0.29, 0.717) is 6.54 Å². The van der Waals surface area contributed by atoms with Crippen molar-refractivity contribution in [1.82, 2.24) is 9.55 Å². The van der Waals surface area contributed by atoms with Crippen LogP contribution in [-0.4, -0.2) is 15.5 Å². The number of anilines is 1. The SMILES string of the molecule is Cc1nc(-c2ccc(NC(=O)CCn3c(C)csc3=O)cc2)cs1. The van der Waals surface area contributed by atoms with Crippen molar-refractivity contribution in [2.24, 2.45) is 0 Å². The Morgan fingerprint density at radius 2 is 1.92 bits per heavy atom. The quantitative estimate of drug-likeness (QED) is 0.756. The molecule has 0 saturated carbocycles. The molecule has 7 heteroatoms. The first-order valence-electron chi connectivity index (χ1n) is 7.50. The topological polar surface area (TPSA) is 64.0 Å². The number of nitrogens with one attached hydrogen (secondary N) is 1. The predicted molar refractivity (Wildman–Crippen MR) is 98.8 cm³/mol. The molecule has 3 aromatic rings. The first-order valence-corrected chi connectivity index (χ1v) is 9.26. The molecule has 2 aromatic heterocycles. The van der Waals surface area contributed by atoms with Gasteiger partial charge in [0, 0.05) is 40.7 Å². The highest BCUT2D eigenvalue weighted by Gasteiger charge is 2.08. The van der Waals surface area contributed by atoms with Crippen molar-refractivity contribution in [3.05, 3.63) is 55.4 Å². The van der Waals surface area contributed by atoms with Gasteiger partial charge in [0.1, 0.15) is 0 Å². The van der Waals surface area contributed by atoms with Crippen LogP contribution in [0.3, 0.4) is 0 Å². The minimum Gasteiger partial charge on any atom is -0.326 e. The maximum absolute atomic E-state index is 12.1. The summed E-state index contributed by atoms with van der Waals surface area (Å²) in [6, 6.07) is 7.61. The van der Waals surface area contributed by atoms with Crippen LogP contribution in [0.5, 0.6) is 0 Å². The summed E-state index contributed by atoms with van der Waals surface area (Å²) in [5.41, 5.74) is 3.60. The lowest BCUT2D eigenvalue weighted by molar-refractivity contribution is -0.116.